The molecular formula is C11H10FN3O3. The molecule has 0 spiro atoms. The van der Waals surface area contributed by atoms with Crippen LogP contribution in [0.5, 0.6) is 0 Å². The Labute approximate surface area is 102 Å². The van der Waals surface area contributed by atoms with Crippen molar-refractivity contribution in [3.63, 3.8) is 0 Å². The highest BCUT2D eigenvalue weighted by Crippen LogP contribution is 2.07. The third-order valence-electron chi connectivity index (χ3n) is 1.85. The molecule has 1 aromatic heterocycles. The van der Waals surface area contributed by atoms with Crippen LogP contribution in [0, 0.1) is 18.2 Å². The Hall–Kier alpha value is -2.62. The number of urea groups is 1. The van der Waals surface area contributed by atoms with Crippen molar-refractivity contribution < 1.29 is 19.1 Å². The van der Waals surface area contributed by atoms with Crippen molar-refractivity contribution in [2.24, 2.45) is 0 Å². The molecule has 1 rings (SSSR count). The van der Waals surface area contributed by atoms with Crippen molar-refractivity contribution in [2.45, 2.75) is 0 Å². The number of pyridine rings is 1. The number of hydrogen-bond acceptors (Lipinski definition) is 3. The Morgan fingerprint density at radius 3 is 2.83 bits per heavy atom. The van der Waals surface area contributed by atoms with Crippen LogP contribution in [0.4, 0.5) is 14.9 Å². The zero-order valence-electron chi connectivity index (χ0n) is 9.26. The molecule has 0 bridgehead atoms. The minimum absolute atomic E-state index is 0.118. The van der Waals surface area contributed by atoms with Gasteiger partial charge in [-0.15, -0.1) is 6.42 Å². The molecule has 1 heterocycles. The van der Waals surface area contributed by atoms with Crippen LogP contribution >= 0.6 is 0 Å². The number of hydrogen-bond donors (Lipinski definition) is 2. The highest BCUT2D eigenvalue weighted by atomic mass is 19.1. The maximum atomic E-state index is 12.8. The van der Waals surface area contributed by atoms with Gasteiger partial charge in [-0.25, -0.2) is 9.18 Å². The molecule has 0 saturated heterocycles. The summed E-state index contributed by atoms with van der Waals surface area (Å²) < 4.78 is 12.8. The van der Waals surface area contributed by atoms with E-state index in [4.69, 9.17) is 11.5 Å². The highest BCUT2D eigenvalue weighted by Gasteiger charge is 2.15. The predicted octanol–water partition coefficient (Wildman–Crippen LogP) is 0.772. The summed E-state index contributed by atoms with van der Waals surface area (Å²) >= 11 is 0. The minimum Gasteiger partial charge on any atom is -0.480 e. The lowest BCUT2D eigenvalue weighted by Crippen LogP contribution is -2.39. The largest absolute Gasteiger partial charge is 0.480 e. The number of aliphatic carboxylic acids is 1. The molecule has 0 saturated carbocycles. The van der Waals surface area contributed by atoms with Crippen LogP contribution in [0.1, 0.15) is 0 Å². The average Bonchev–Trinajstić information content (AvgIpc) is 2.27. The van der Waals surface area contributed by atoms with E-state index in [1.54, 1.807) is 0 Å². The zero-order chi connectivity index (χ0) is 13.5. The number of nitrogens with one attached hydrogen (secondary N) is 1. The summed E-state index contributed by atoms with van der Waals surface area (Å²) in [5, 5.41) is 10.9. The van der Waals surface area contributed by atoms with Gasteiger partial charge in [0.1, 0.15) is 12.4 Å². The number of aromatic nitrogens is 1. The number of anilines is 1. The molecule has 0 aliphatic rings. The van der Waals surface area contributed by atoms with Gasteiger partial charge in [0.25, 0.3) is 0 Å². The second-order valence-electron chi connectivity index (χ2n) is 3.28. The summed E-state index contributed by atoms with van der Waals surface area (Å²) in [6.45, 7) is -0.709. The number of halogens is 1. The third-order valence-corrected chi connectivity index (χ3v) is 1.85. The fourth-order valence-electron chi connectivity index (χ4n) is 1.16. The Balaban J connectivity index is 2.72. The zero-order valence-corrected chi connectivity index (χ0v) is 9.26. The molecule has 0 radical (unpaired) electrons. The van der Waals surface area contributed by atoms with E-state index in [-0.39, 0.29) is 12.2 Å². The van der Waals surface area contributed by atoms with E-state index < -0.39 is 24.4 Å². The fraction of sp³-hybridized carbons (Fsp3) is 0.182. The second-order valence-corrected chi connectivity index (χ2v) is 3.28. The molecule has 2 N–H and O–H groups in total. The van der Waals surface area contributed by atoms with Gasteiger partial charge in [-0.1, -0.05) is 5.92 Å². The monoisotopic (exact) mass is 251 g/mol. The molecule has 2 amide bonds. The van der Waals surface area contributed by atoms with Gasteiger partial charge in [-0.2, -0.15) is 0 Å². The SMILES string of the molecule is C#CCN(CC(=O)O)C(=O)Nc1cncc(F)c1. The number of rotatable bonds is 4. The Bertz CT molecular complexity index is 499. The van der Waals surface area contributed by atoms with Crippen LogP contribution in [0.15, 0.2) is 18.5 Å². The van der Waals surface area contributed by atoms with Gasteiger partial charge in [-0.3, -0.25) is 9.78 Å². The van der Waals surface area contributed by atoms with E-state index in [1.807, 2.05) is 0 Å². The Morgan fingerprint density at radius 1 is 1.56 bits per heavy atom. The molecule has 0 atom stereocenters. The molecule has 6 nitrogen and oxygen atoms in total. The van der Waals surface area contributed by atoms with Crippen LogP contribution < -0.4 is 5.32 Å². The number of carboxylic acids is 1. The lowest BCUT2D eigenvalue weighted by atomic mass is 10.4. The van der Waals surface area contributed by atoms with Crippen molar-refractivity contribution in [1.29, 1.82) is 0 Å². The van der Waals surface area contributed by atoms with Crippen molar-refractivity contribution in [3.05, 3.63) is 24.3 Å². The first kappa shape index (κ1) is 13.4. The first-order valence-electron chi connectivity index (χ1n) is 4.84. The smallest absolute Gasteiger partial charge is 0.323 e. The molecule has 94 valence electrons. The standard InChI is InChI=1S/C11H10FN3O3/c1-2-3-15(7-10(16)17)11(18)14-9-4-8(12)5-13-6-9/h1,4-6H,3,7H2,(H,14,18)(H,16,17). The minimum atomic E-state index is -1.20. The van der Waals surface area contributed by atoms with Crippen LogP contribution in [0.25, 0.3) is 0 Å². The lowest BCUT2D eigenvalue weighted by Gasteiger charge is -2.18. The van der Waals surface area contributed by atoms with E-state index in [0.29, 0.717) is 0 Å². The molecule has 0 aliphatic carbocycles. The van der Waals surface area contributed by atoms with Gasteiger partial charge in [0.15, 0.2) is 0 Å². The number of carbonyl (C=O) groups is 2. The summed E-state index contributed by atoms with van der Waals surface area (Å²) in [7, 11) is 0. The summed E-state index contributed by atoms with van der Waals surface area (Å²) in [4.78, 5) is 26.6. The van der Waals surface area contributed by atoms with E-state index in [2.05, 4.69) is 16.2 Å². The Morgan fingerprint density at radius 2 is 2.28 bits per heavy atom. The summed E-state index contributed by atoms with van der Waals surface area (Å²) in [6.07, 6.45) is 7.23. The predicted molar refractivity (Wildman–Crippen MR) is 61.3 cm³/mol. The van der Waals surface area contributed by atoms with Gasteiger partial charge < -0.3 is 15.3 Å². The quantitative estimate of drug-likeness (QED) is 0.774. The number of carboxylic acid groups (broad SMARTS) is 1. The Kier molecular flexibility index (Phi) is 4.63. The van der Waals surface area contributed by atoms with Gasteiger partial charge >= 0.3 is 12.0 Å². The topological polar surface area (TPSA) is 82.5 Å². The molecule has 18 heavy (non-hydrogen) atoms. The van der Waals surface area contributed by atoms with E-state index >= 15 is 0 Å². The summed E-state index contributed by atoms with van der Waals surface area (Å²) in [6, 6.07) is 0.322. The number of nitrogens with zero attached hydrogens (tertiary/aromatic N) is 2. The maximum absolute atomic E-state index is 12.8. The normalized spacial score (nSPS) is 9.33. The summed E-state index contributed by atoms with van der Waals surface area (Å²) in [5.74, 6) is 0.351. The van der Waals surface area contributed by atoms with Crippen LogP contribution in [-0.4, -0.2) is 40.1 Å². The first-order chi connectivity index (χ1) is 8.52. The molecule has 0 aromatic carbocycles. The highest BCUT2D eigenvalue weighted by molar-refractivity contribution is 5.91. The molecule has 0 fully saturated rings. The van der Waals surface area contributed by atoms with Crippen LogP contribution in [0.3, 0.4) is 0 Å². The van der Waals surface area contributed by atoms with Gasteiger partial charge in [-0.05, 0) is 0 Å². The number of carbonyl (C=O) groups excluding carboxylic acids is 1. The lowest BCUT2D eigenvalue weighted by molar-refractivity contribution is -0.137. The molecule has 1 aromatic rings. The maximum Gasteiger partial charge on any atom is 0.323 e. The summed E-state index contributed by atoms with van der Waals surface area (Å²) in [5.41, 5.74) is 0.118. The molecular weight excluding hydrogens is 241 g/mol. The average molecular weight is 251 g/mol. The third kappa shape index (κ3) is 4.09. The molecule has 0 aliphatic heterocycles. The van der Waals surface area contributed by atoms with Crippen LogP contribution in [0.2, 0.25) is 0 Å². The number of terminal acetylenes is 1. The first-order valence-corrected chi connectivity index (χ1v) is 4.84. The van der Waals surface area contributed by atoms with Crippen molar-refractivity contribution in [2.75, 3.05) is 18.4 Å². The van der Waals surface area contributed by atoms with E-state index in [0.717, 1.165) is 17.2 Å². The van der Waals surface area contributed by atoms with Crippen molar-refractivity contribution >= 4 is 17.7 Å². The van der Waals surface area contributed by atoms with E-state index in [1.165, 1.54) is 6.20 Å². The van der Waals surface area contributed by atoms with Crippen molar-refractivity contribution in [3.8, 4) is 12.3 Å². The molecule has 7 heteroatoms. The number of amides is 2. The fourth-order valence-corrected chi connectivity index (χ4v) is 1.16. The van der Waals surface area contributed by atoms with Gasteiger partial charge in [0.05, 0.1) is 24.6 Å². The van der Waals surface area contributed by atoms with E-state index in [9.17, 15) is 14.0 Å². The second kappa shape index (κ2) is 6.20. The molecule has 0 unspecified atom stereocenters. The van der Waals surface area contributed by atoms with Crippen molar-refractivity contribution in [1.82, 2.24) is 9.88 Å². The van der Waals surface area contributed by atoms with Gasteiger partial charge in [0.2, 0.25) is 0 Å². The van der Waals surface area contributed by atoms with Crippen LogP contribution in [-0.2, 0) is 4.79 Å². The van der Waals surface area contributed by atoms with Gasteiger partial charge in [0, 0.05) is 6.07 Å².